The molecule has 88 valence electrons. The summed E-state index contributed by atoms with van der Waals surface area (Å²) in [5.41, 5.74) is 2.29. The summed E-state index contributed by atoms with van der Waals surface area (Å²) in [6, 6.07) is 8.98. The standard InChI is InChI=1S/C14H21NO/c1-11(2)14-4-3-9-15(14)13-7-5-12(10-16)6-8-13/h5-8,11,14,16H,3-4,9-10H2,1-2H3. The number of nitrogens with zero attached hydrogens (tertiary/aromatic N) is 1. The van der Waals surface area contributed by atoms with Crippen LogP contribution in [0.1, 0.15) is 32.3 Å². The number of aliphatic hydroxyl groups excluding tert-OH is 1. The Morgan fingerprint density at radius 2 is 2.00 bits per heavy atom. The maximum absolute atomic E-state index is 9.02. The summed E-state index contributed by atoms with van der Waals surface area (Å²) in [6.45, 7) is 5.89. The van der Waals surface area contributed by atoms with Gasteiger partial charge in [-0.3, -0.25) is 0 Å². The molecule has 1 aromatic carbocycles. The molecule has 1 aromatic rings. The third kappa shape index (κ3) is 2.22. The van der Waals surface area contributed by atoms with Gasteiger partial charge in [0, 0.05) is 18.3 Å². The number of hydrogen-bond donors (Lipinski definition) is 1. The van der Waals surface area contributed by atoms with E-state index in [0.717, 1.165) is 5.56 Å². The van der Waals surface area contributed by atoms with Crippen LogP contribution < -0.4 is 4.90 Å². The molecule has 1 heterocycles. The third-order valence-electron chi connectivity index (χ3n) is 3.52. The molecule has 0 aliphatic carbocycles. The second-order valence-electron chi connectivity index (χ2n) is 4.97. The maximum atomic E-state index is 9.02. The fourth-order valence-electron chi connectivity index (χ4n) is 2.60. The van der Waals surface area contributed by atoms with E-state index >= 15 is 0 Å². The van der Waals surface area contributed by atoms with Crippen LogP contribution in [0, 0.1) is 5.92 Å². The van der Waals surface area contributed by atoms with Gasteiger partial charge in [-0.15, -0.1) is 0 Å². The van der Waals surface area contributed by atoms with Crippen LogP contribution in [0.4, 0.5) is 5.69 Å². The van der Waals surface area contributed by atoms with Gasteiger partial charge >= 0.3 is 0 Å². The molecule has 1 atom stereocenters. The summed E-state index contributed by atoms with van der Waals surface area (Å²) in [7, 11) is 0. The lowest BCUT2D eigenvalue weighted by Crippen LogP contribution is -2.33. The summed E-state index contributed by atoms with van der Waals surface area (Å²) in [4.78, 5) is 2.51. The molecule has 1 N–H and O–H groups in total. The van der Waals surface area contributed by atoms with E-state index in [1.807, 2.05) is 12.1 Å². The molecule has 0 aromatic heterocycles. The number of hydrogen-bond acceptors (Lipinski definition) is 2. The minimum Gasteiger partial charge on any atom is -0.392 e. The van der Waals surface area contributed by atoms with Crippen molar-refractivity contribution in [1.29, 1.82) is 0 Å². The second-order valence-corrected chi connectivity index (χ2v) is 4.97. The van der Waals surface area contributed by atoms with E-state index in [2.05, 4.69) is 30.9 Å². The van der Waals surface area contributed by atoms with Crippen molar-refractivity contribution in [3.05, 3.63) is 29.8 Å². The van der Waals surface area contributed by atoms with Gasteiger partial charge in [0.05, 0.1) is 6.61 Å². The third-order valence-corrected chi connectivity index (χ3v) is 3.52. The summed E-state index contributed by atoms with van der Waals surface area (Å²) in [6.07, 6.45) is 2.60. The highest BCUT2D eigenvalue weighted by Crippen LogP contribution is 2.29. The molecule has 16 heavy (non-hydrogen) atoms. The van der Waals surface area contributed by atoms with Crippen LogP contribution in [0.2, 0.25) is 0 Å². The molecule has 1 fully saturated rings. The SMILES string of the molecule is CC(C)C1CCCN1c1ccc(CO)cc1. The Kier molecular flexibility index (Phi) is 3.49. The molecule has 0 radical (unpaired) electrons. The van der Waals surface area contributed by atoms with Gasteiger partial charge < -0.3 is 10.0 Å². The van der Waals surface area contributed by atoms with Crippen molar-refractivity contribution in [2.24, 2.45) is 5.92 Å². The van der Waals surface area contributed by atoms with E-state index in [1.54, 1.807) is 0 Å². The summed E-state index contributed by atoms with van der Waals surface area (Å²) >= 11 is 0. The van der Waals surface area contributed by atoms with Crippen molar-refractivity contribution in [2.45, 2.75) is 39.3 Å². The Bertz CT molecular complexity index is 331. The predicted molar refractivity (Wildman–Crippen MR) is 67.6 cm³/mol. The molecule has 0 saturated carbocycles. The zero-order valence-corrected chi connectivity index (χ0v) is 10.2. The lowest BCUT2D eigenvalue weighted by Gasteiger charge is -2.29. The Morgan fingerprint density at radius 3 is 2.56 bits per heavy atom. The van der Waals surface area contributed by atoms with Gasteiger partial charge in [-0.1, -0.05) is 26.0 Å². The van der Waals surface area contributed by atoms with Crippen LogP contribution in [0.5, 0.6) is 0 Å². The average Bonchev–Trinajstić information content (AvgIpc) is 2.78. The molecule has 1 aliphatic heterocycles. The van der Waals surface area contributed by atoms with E-state index in [-0.39, 0.29) is 6.61 Å². The normalized spacial score (nSPS) is 20.8. The smallest absolute Gasteiger partial charge is 0.0681 e. The maximum Gasteiger partial charge on any atom is 0.0681 e. The van der Waals surface area contributed by atoms with Crippen LogP contribution in [0.3, 0.4) is 0 Å². The molecule has 2 rings (SSSR count). The molecule has 1 aliphatic rings. The number of benzene rings is 1. The number of rotatable bonds is 3. The van der Waals surface area contributed by atoms with Crippen molar-refractivity contribution in [1.82, 2.24) is 0 Å². The van der Waals surface area contributed by atoms with Crippen LogP contribution >= 0.6 is 0 Å². The van der Waals surface area contributed by atoms with E-state index < -0.39 is 0 Å². The van der Waals surface area contributed by atoms with Crippen LogP contribution in [-0.4, -0.2) is 17.7 Å². The molecular weight excluding hydrogens is 198 g/mol. The molecule has 1 unspecified atom stereocenters. The molecule has 0 spiro atoms. The monoisotopic (exact) mass is 219 g/mol. The first-order valence-corrected chi connectivity index (χ1v) is 6.19. The largest absolute Gasteiger partial charge is 0.392 e. The van der Waals surface area contributed by atoms with E-state index in [4.69, 9.17) is 5.11 Å². The van der Waals surface area contributed by atoms with Crippen molar-refractivity contribution >= 4 is 5.69 Å². The van der Waals surface area contributed by atoms with Gasteiger partial charge in [0.25, 0.3) is 0 Å². The summed E-state index contributed by atoms with van der Waals surface area (Å²) in [5, 5.41) is 9.02. The van der Waals surface area contributed by atoms with Crippen molar-refractivity contribution in [2.75, 3.05) is 11.4 Å². The van der Waals surface area contributed by atoms with Gasteiger partial charge in [0.2, 0.25) is 0 Å². The second kappa shape index (κ2) is 4.88. The van der Waals surface area contributed by atoms with Gasteiger partial charge in [-0.2, -0.15) is 0 Å². The minimum absolute atomic E-state index is 0.133. The molecule has 1 saturated heterocycles. The Morgan fingerprint density at radius 1 is 1.31 bits per heavy atom. The van der Waals surface area contributed by atoms with E-state index in [9.17, 15) is 0 Å². The van der Waals surface area contributed by atoms with Crippen molar-refractivity contribution in [3.63, 3.8) is 0 Å². The topological polar surface area (TPSA) is 23.5 Å². The zero-order valence-electron chi connectivity index (χ0n) is 10.2. The molecule has 2 nitrogen and oxygen atoms in total. The van der Waals surface area contributed by atoms with Gasteiger partial charge in [-0.25, -0.2) is 0 Å². The zero-order chi connectivity index (χ0) is 11.5. The molecule has 0 bridgehead atoms. The Balaban J connectivity index is 2.16. The highest BCUT2D eigenvalue weighted by atomic mass is 16.3. The quantitative estimate of drug-likeness (QED) is 0.845. The van der Waals surface area contributed by atoms with Crippen LogP contribution in [0.15, 0.2) is 24.3 Å². The molecule has 0 amide bonds. The fraction of sp³-hybridized carbons (Fsp3) is 0.571. The van der Waals surface area contributed by atoms with Crippen molar-refractivity contribution < 1.29 is 5.11 Å². The highest BCUT2D eigenvalue weighted by molar-refractivity contribution is 5.49. The fourth-order valence-corrected chi connectivity index (χ4v) is 2.60. The Labute approximate surface area is 97.9 Å². The first kappa shape index (κ1) is 11.5. The van der Waals surface area contributed by atoms with Crippen molar-refractivity contribution in [3.8, 4) is 0 Å². The summed E-state index contributed by atoms with van der Waals surface area (Å²) in [5.74, 6) is 0.708. The van der Waals surface area contributed by atoms with Gasteiger partial charge in [0.15, 0.2) is 0 Å². The lowest BCUT2D eigenvalue weighted by molar-refractivity contribution is 0.282. The molecule has 2 heteroatoms. The van der Waals surface area contributed by atoms with Gasteiger partial charge in [0.1, 0.15) is 0 Å². The number of aliphatic hydroxyl groups is 1. The number of anilines is 1. The minimum atomic E-state index is 0.133. The van der Waals surface area contributed by atoms with Gasteiger partial charge in [-0.05, 0) is 36.5 Å². The highest BCUT2D eigenvalue weighted by Gasteiger charge is 2.26. The average molecular weight is 219 g/mol. The summed E-state index contributed by atoms with van der Waals surface area (Å²) < 4.78 is 0. The van der Waals surface area contributed by atoms with E-state index in [0.29, 0.717) is 12.0 Å². The molecular formula is C14H21NO. The predicted octanol–water partition coefficient (Wildman–Crippen LogP) is 2.80. The first-order chi connectivity index (χ1) is 7.72. The first-order valence-electron chi connectivity index (χ1n) is 6.19. The lowest BCUT2D eigenvalue weighted by atomic mass is 10.0. The van der Waals surface area contributed by atoms with Crippen LogP contribution in [0.25, 0.3) is 0 Å². The Hall–Kier alpha value is -1.02. The van der Waals surface area contributed by atoms with Crippen LogP contribution in [-0.2, 0) is 6.61 Å². The van der Waals surface area contributed by atoms with E-state index in [1.165, 1.54) is 25.1 Å².